The fourth-order valence-electron chi connectivity index (χ4n) is 3.41. The number of pyridine rings is 2. The van der Waals surface area contributed by atoms with Crippen molar-refractivity contribution in [3.05, 3.63) is 108 Å². The molecule has 4 nitrogen and oxygen atoms in total. The van der Waals surface area contributed by atoms with Gasteiger partial charge >= 0.3 is 0 Å². The molecular formula is C26H24N2O2. The first-order valence-electron chi connectivity index (χ1n) is 9.95. The first-order valence-corrected chi connectivity index (χ1v) is 9.95. The molecule has 4 heteroatoms. The molecule has 0 saturated heterocycles. The van der Waals surface area contributed by atoms with Crippen molar-refractivity contribution in [1.29, 1.82) is 0 Å². The Hall–Kier alpha value is -3.66. The molecule has 0 radical (unpaired) electrons. The maximum atomic E-state index is 6.10. The van der Waals surface area contributed by atoms with Gasteiger partial charge in [-0.15, -0.1) is 0 Å². The third-order valence-electron chi connectivity index (χ3n) is 5.15. The van der Waals surface area contributed by atoms with Gasteiger partial charge in [0.25, 0.3) is 0 Å². The van der Waals surface area contributed by atoms with Crippen LogP contribution in [0, 0.1) is 13.8 Å². The highest BCUT2D eigenvalue weighted by molar-refractivity contribution is 5.74. The van der Waals surface area contributed by atoms with E-state index in [4.69, 9.17) is 9.47 Å². The number of nitrogens with zero attached hydrogens (tertiary/aromatic N) is 2. The van der Waals surface area contributed by atoms with Crippen molar-refractivity contribution in [2.24, 2.45) is 0 Å². The van der Waals surface area contributed by atoms with Gasteiger partial charge < -0.3 is 9.47 Å². The molecule has 0 aliphatic heterocycles. The summed E-state index contributed by atoms with van der Waals surface area (Å²) in [5, 5.41) is 0. The Morgan fingerprint density at radius 1 is 0.567 bits per heavy atom. The smallest absolute Gasteiger partial charge is 0.123 e. The fraction of sp³-hybridized carbons (Fsp3) is 0.154. The normalized spacial score (nSPS) is 10.6. The van der Waals surface area contributed by atoms with E-state index in [0.29, 0.717) is 13.2 Å². The predicted molar refractivity (Wildman–Crippen MR) is 118 cm³/mol. The van der Waals surface area contributed by atoms with E-state index in [1.165, 1.54) is 0 Å². The van der Waals surface area contributed by atoms with Crippen LogP contribution < -0.4 is 9.47 Å². The van der Waals surface area contributed by atoms with E-state index in [1.54, 1.807) is 24.8 Å². The van der Waals surface area contributed by atoms with Crippen LogP contribution in [0.5, 0.6) is 11.5 Å². The van der Waals surface area contributed by atoms with Crippen LogP contribution in [0.2, 0.25) is 0 Å². The number of rotatable bonds is 7. The molecule has 0 unspecified atom stereocenters. The van der Waals surface area contributed by atoms with Gasteiger partial charge in [-0.3, -0.25) is 9.97 Å². The van der Waals surface area contributed by atoms with Gasteiger partial charge in [0.15, 0.2) is 0 Å². The molecule has 150 valence electrons. The molecule has 2 heterocycles. The van der Waals surface area contributed by atoms with Crippen molar-refractivity contribution < 1.29 is 9.47 Å². The van der Waals surface area contributed by atoms with Gasteiger partial charge in [-0.1, -0.05) is 24.3 Å². The lowest BCUT2D eigenvalue weighted by Crippen LogP contribution is -2.00. The molecule has 0 fully saturated rings. The van der Waals surface area contributed by atoms with E-state index >= 15 is 0 Å². The average Bonchev–Trinajstić information content (AvgIpc) is 2.79. The molecule has 2 aromatic heterocycles. The summed E-state index contributed by atoms with van der Waals surface area (Å²) in [6.45, 7) is 5.23. The zero-order chi connectivity index (χ0) is 20.8. The lowest BCUT2D eigenvalue weighted by molar-refractivity contribution is 0.303. The third-order valence-corrected chi connectivity index (χ3v) is 5.15. The maximum absolute atomic E-state index is 6.10. The molecule has 0 bridgehead atoms. The molecule has 0 atom stereocenters. The van der Waals surface area contributed by atoms with Crippen molar-refractivity contribution in [2.45, 2.75) is 27.1 Å². The molecule has 4 rings (SSSR count). The molecule has 0 saturated carbocycles. The van der Waals surface area contributed by atoms with Crippen molar-refractivity contribution in [1.82, 2.24) is 9.97 Å². The van der Waals surface area contributed by atoms with Crippen LogP contribution in [0.4, 0.5) is 0 Å². The topological polar surface area (TPSA) is 44.2 Å². The second-order valence-corrected chi connectivity index (χ2v) is 7.15. The highest BCUT2D eigenvalue weighted by Gasteiger charge is 2.12. The first-order chi connectivity index (χ1) is 14.7. The minimum atomic E-state index is 0.515. The molecular weight excluding hydrogens is 372 g/mol. The number of ether oxygens (including phenoxy) is 2. The summed E-state index contributed by atoms with van der Waals surface area (Å²) in [7, 11) is 0. The largest absolute Gasteiger partial charge is 0.489 e. The molecule has 0 amide bonds. The molecule has 4 aromatic rings. The van der Waals surface area contributed by atoms with E-state index in [-0.39, 0.29) is 0 Å². The van der Waals surface area contributed by atoms with Crippen LogP contribution in [0.15, 0.2) is 85.5 Å². The summed E-state index contributed by atoms with van der Waals surface area (Å²) < 4.78 is 12.2. The van der Waals surface area contributed by atoms with Crippen LogP contribution in [0.25, 0.3) is 11.1 Å². The van der Waals surface area contributed by atoms with Gasteiger partial charge in [0.1, 0.15) is 24.7 Å². The highest BCUT2D eigenvalue weighted by atomic mass is 16.5. The standard InChI is InChI=1S/C26H24N2O2/c1-19-23(5-3-7-25(19)29-17-21-9-13-27-14-10-21)24-6-4-8-26(20(24)2)30-18-22-11-15-28-16-12-22/h3-16H,17-18H2,1-2H3. The van der Waals surface area contributed by atoms with Gasteiger partial charge in [-0.2, -0.15) is 0 Å². The Balaban J connectivity index is 1.56. The Labute approximate surface area is 177 Å². The van der Waals surface area contributed by atoms with E-state index in [9.17, 15) is 0 Å². The zero-order valence-corrected chi connectivity index (χ0v) is 17.2. The highest BCUT2D eigenvalue weighted by Crippen LogP contribution is 2.35. The Bertz CT molecular complexity index is 1020. The maximum Gasteiger partial charge on any atom is 0.123 e. The third kappa shape index (κ3) is 4.49. The van der Waals surface area contributed by atoms with Crippen LogP contribution in [0.3, 0.4) is 0 Å². The molecule has 0 spiro atoms. The summed E-state index contributed by atoms with van der Waals surface area (Å²) in [5.41, 5.74) is 6.71. The Morgan fingerprint density at radius 2 is 0.967 bits per heavy atom. The van der Waals surface area contributed by atoms with Gasteiger partial charge in [-0.25, -0.2) is 0 Å². The summed E-state index contributed by atoms with van der Waals surface area (Å²) in [6.07, 6.45) is 7.12. The second-order valence-electron chi connectivity index (χ2n) is 7.15. The molecule has 0 N–H and O–H groups in total. The lowest BCUT2D eigenvalue weighted by Gasteiger charge is -2.17. The van der Waals surface area contributed by atoms with Gasteiger partial charge in [0.2, 0.25) is 0 Å². The minimum absolute atomic E-state index is 0.515. The van der Waals surface area contributed by atoms with Crippen LogP contribution in [-0.4, -0.2) is 9.97 Å². The van der Waals surface area contributed by atoms with E-state index in [0.717, 1.165) is 44.9 Å². The zero-order valence-electron chi connectivity index (χ0n) is 17.2. The Morgan fingerprint density at radius 3 is 1.37 bits per heavy atom. The van der Waals surface area contributed by atoms with Crippen LogP contribution >= 0.6 is 0 Å². The van der Waals surface area contributed by atoms with Crippen molar-refractivity contribution in [3.63, 3.8) is 0 Å². The molecule has 30 heavy (non-hydrogen) atoms. The summed E-state index contributed by atoms with van der Waals surface area (Å²) in [4.78, 5) is 8.11. The van der Waals surface area contributed by atoms with Crippen molar-refractivity contribution in [2.75, 3.05) is 0 Å². The van der Waals surface area contributed by atoms with E-state index in [2.05, 4.69) is 35.9 Å². The van der Waals surface area contributed by atoms with Gasteiger partial charge in [0, 0.05) is 24.8 Å². The van der Waals surface area contributed by atoms with Crippen LogP contribution in [-0.2, 0) is 13.2 Å². The van der Waals surface area contributed by atoms with Gasteiger partial charge in [-0.05, 0) is 83.6 Å². The van der Waals surface area contributed by atoms with E-state index < -0.39 is 0 Å². The van der Waals surface area contributed by atoms with E-state index in [1.807, 2.05) is 48.5 Å². The lowest BCUT2D eigenvalue weighted by atomic mass is 9.95. The number of benzene rings is 2. The summed E-state index contributed by atoms with van der Waals surface area (Å²) in [6, 6.07) is 20.2. The van der Waals surface area contributed by atoms with Gasteiger partial charge in [0.05, 0.1) is 0 Å². The monoisotopic (exact) mass is 396 g/mol. The SMILES string of the molecule is Cc1c(OCc2ccncc2)cccc1-c1cccc(OCc2ccncc2)c1C. The number of hydrogen-bond donors (Lipinski definition) is 0. The number of aromatic nitrogens is 2. The number of hydrogen-bond acceptors (Lipinski definition) is 4. The van der Waals surface area contributed by atoms with Crippen LogP contribution in [0.1, 0.15) is 22.3 Å². The van der Waals surface area contributed by atoms with Crippen molar-refractivity contribution in [3.8, 4) is 22.6 Å². The van der Waals surface area contributed by atoms with Crippen molar-refractivity contribution >= 4 is 0 Å². The summed E-state index contributed by atoms with van der Waals surface area (Å²) >= 11 is 0. The minimum Gasteiger partial charge on any atom is -0.489 e. The average molecular weight is 396 g/mol. The molecule has 2 aromatic carbocycles. The summed E-state index contributed by atoms with van der Waals surface area (Å²) in [5.74, 6) is 1.76. The second kappa shape index (κ2) is 9.23. The fourth-order valence-corrected chi connectivity index (χ4v) is 3.41. The molecule has 0 aliphatic rings. The Kier molecular flexibility index (Phi) is 6.04. The molecule has 0 aliphatic carbocycles. The predicted octanol–water partition coefficient (Wildman–Crippen LogP) is 5.92. The first kappa shape index (κ1) is 19.6. The quantitative estimate of drug-likeness (QED) is 0.389.